The third-order valence-electron chi connectivity index (χ3n) is 3.31. The second-order valence-corrected chi connectivity index (χ2v) is 7.97. The number of guanidine groups is 1. The summed E-state index contributed by atoms with van der Waals surface area (Å²) in [5.41, 5.74) is 0.901. The van der Waals surface area contributed by atoms with Crippen LogP contribution in [0, 0.1) is 0 Å². The van der Waals surface area contributed by atoms with Crippen LogP contribution in [0.15, 0.2) is 11.1 Å². The van der Waals surface area contributed by atoms with E-state index in [1.54, 1.807) is 17.6 Å². The van der Waals surface area contributed by atoms with E-state index in [1.165, 1.54) is 0 Å². The maximum absolute atomic E-state index is 11.3. The highest BCUT2D eigenvalue weighted by molar-refractivity contribution is 14.0. The second-order valence-electron chi connectivity index (χ2n) is 5.11. The smallest absolute Gasteiger partial charge is 0.211 e. The lowest BCUT2D eigenvalue weighted by atomic mass is 10.4. The van der Waals surface area contributed by atoms with Crippen molar-refractivity contribution in [3.63, 3.8) is 0 Å². The van der Waals surface area contributed by atoms with Crippen molar-refractivity contribution in [2.45, 2.75) is 26.8 Å². The van der Waals surface area contributed by atoms with Crippen LogP contribution >= 0.6 is 47.2 Å². The van der Waals surface area contributed by atoms with Crippen molar-refractivity contribution in [1.82, 2.24) is 19.9 Å². The molecule has 0 saturated carbocycles. The number of sulfonamides is 1. The molecule has 1 rings (SSSR count). The Balaban J connectivity index is 0.00000576. The lowest BCUT2D eigenvalue weighted by Gasteiger charge is -2.11. The summed E-state index contributed by atoms with van der Waals surface area (Å²) in [6.07, 6.45) is 0.658. The largest absolute Gasteiger partial charge is 0.357 e. The summed E-state index contributed by atoms with van der Waals surface area (Å²) in [5, 5.41) is 7.30. The Morgan fingerprint density at radius 3 is 2.44 bits per heavy atom. The van der Waals surface area contributed by atoms with Gasteiger partial charge in [0.25, 0.3) is 0 Å². The Morgan fingerprint density at radius 1 is 1.24 bits per heavy atom. The summed E-state index contributed by atoms with van der Waals surface area (Å²) in [7, 11) is -1.30. The van der Waals surface area contributed by atoms with Crippen molar-refractivity contribution in [2.75, 3.05) is 25.4 Å². The number of aliphatic imine (C=N–C) groups is 1. The molecule has 146 valence electrons. The number of aromatic nitrogens is 1. The molecule has 1 aromatic heterocycles. The maximum Gasteiger partial charge on any atom is 0.211 e. The zero-order valence-corrected chi connectivity index (χ0v) is 19.3. The Labute approximate surface area is 177 Å². The minimum Gasteiger partial charge on any atom is -0.357 e. The summed E-state index contributed by atoms with van der Waals surface area (Å²) in [6, 6.07) is 1.79. The Hall–Kier alpha value is -0.230. The molecule has 0 aliphatic carbocycles. The predicted molar refractivity (Wildman–Crippen MR) is 116 cm³/mol. The molecule has 0 amide bonds. The zero-order chi connectivity index (χ0) is 18.2. The third kappa shape index (κ3) is 8.80. The van der Waals surface area contributed by atoms with Gasteiger partial charge in [-0.3, -0.25) is 0 Å². The molecule has 0 radical (unpaired) electrons. The normalized spacial score (nSPS) is 12.0. The topological polar surface area (TPSA) is 87.5 Å². The quantitative estimate of drug-likeness (QED) is 0.200. The van der Waals surface area contributed by atoms with E-state index in [4.69, 9.17) is 23.2 Å². The molecular weight excluding hydrogens is 500 g/mol. The molecule has 1 heterocycles. The minimum absolute atomic E-state index is 0. The first kappa shape index (κ1) is 24.8. The van der Waals surface area contributed by atoms with Crippen LogP contribution in [0.1, 0.15) is 26.0 Å². The number of rotatable bonds is 9. The highest BCUT2D eigenvalue weighted by Gasteiger charge is 2.09. The van der Waals surface area contributed by atoms with Gasteiger partial charge in [0.15, 0.2) is 5.96 Å². The predicted octanol–water partition coefficient (Wildman–Crippen LogP) is 2.33. The average molecular weight is 526 g/mol. The van der Waals surface area contributed by atoms with Gasteiger partial charge in [-0.2, -0.15) is 0 Å². The molecule has 11 heteroatoms. The lowest BCUT2D eigenvalue weighted by Crippen LogP contribution is -2.38. The summed E-state index contributed by atoms with van der Waals surface area (Å²) in [4.78, 5) is 4.48. The van der Waals surface area contributed by atoms with Crippen molar-refractivity contribution >= 4 is 63.2 Å². The molecule has 0 atom stereocenters. The van der Waals surface area contributed by atoms with Gasteiger partial charge in [-0.05, 0) is 26.3 Å². The van der Waals surface area contributed by atoms with Crippen LogP contribution in [0.25, 0.3) is 0 Å². The van der Waals surface area contributed by atoms with E-state index >= 15 is 0 Å². The molecule has 0 aliphatic rings. The highest BCUT2D eigenvalue weighted by atomic mass is 127. The van der Waals surface area contributed by atoms with Gasteiger partial charge in [0.1, 0.15) is 5.15 Å². The number of nitrogens with zero attached hydrogens (tertiary/aromatic N) is 2. The molecule has 3 N–H and O–H groups in total. The lowest BCUT2D eigenvalue weighted by molar-refractivity contribution is 0.579. The van der Waals surface area contributed by atoms with Crippen LogP contribution in [0.3, 0.4) is 0 Å². The van der Waals surface area contributed by atoms with Gasteiger partial charge in [-0.1, -0.05) is 23.2 Å². The van der Waals surface area contributed by atoms with Gasteiger partial charge in [-0.15, -0.1) is 24.0 Å². The fraction of sp³-hybridized carbons (Fsp3) is 0.643. The molecule has 0 unspecified atom stereocenters. The fourth-order valence-corrected chi connectivity index (χ4v) is 2.94. The molecule has 0 aliphatic heterocycles. The van der Waals surface area contributed by atoms with Crippen molar-refractivity contribution in [3.05, 3.63) is 21.9 Å². The molecule has 0 fully saturated rings. The first-order valence-electron chi connectivity index (χ1n) is 7.79. The van der Waals surface area contributed by atoms with E-state index in [-0.39, 0.29) is 29.7 Å². The van der Waals surface area contributed by atoms with Crippen LogP contribution in [0.4, 0.5) is 0 Å². The minimum atomic E-state index is -3.13. The zero-order valence-electron chi connectivity index (χ0n) is 14.6. The Bertz CT molecular complexity index is 664. The van der Waals surface area contributed by atoms with Crippen molar-refractivity contribution in [1.29, 1.82) is 0 Å². The van der Waals surface area contributed by atoms with Crippen LogP contribution in [-0.2, 0) is 23.6 Å². The molecule has 0 spiro atoms. The number of halogens is 3. The van der Waals surface area contributed by atoms with Crippen molar-refractivity contribution in [2.24, 2.45) is 12.0 Å². The van der Waals surface area contributed by atoms with Crippen molar-refractivity contribution in [3.8, 4) is 0 Å². The van der Waals surface area contributed by atoms with Gasteiger partial charge in [-0.25, -0.2) is 18.1 Å². The third-order valence-corrected chi connectivity index (χ3v) is 5.55. The van der Waals surface area contributed by atoms with Gasteiger partial charge in [0, 0.05) is 32.4 Å². The SMILES string of the molecule is CCNC(=NCc1cc(Cl)c(Cl)n1C)NCCCNS(=O)(=O)CC.I. The first-order chi connectivity index (χ1) is 11.3. The Kier molecular flexibility index (Phi) is 12.1. The monoisotopic (exact) mass is 525 g/mol. The average Bonchev–Trinajstić information content (AvgIpc) is 2.79. The second kappa shape index (κ2) is 12.2. The van der Waals surface area contributed by atoms with E-state index in [0.717, 1.165) is 12.2 Å². The molecular formula is C14H26Cl2IN5O2S. The summed E-state index contributed by atoms with van der Waals surface area (Å²) < 4.78 is 27.0. The van der Waals surface area contributed by atoms with Gasteiger partial charge >= 0.3 is 0 Å². The molecule has 25 heavy (non-hydrogen) atoms. The standard InChI is InChI=1S/C14H25Cl2N5O2S.HI/c1-4-17-14(18-7-6-8-20-24(22,23)5-2)19-10-11-9-12(15)13(16)21(11)3;/h9,20H,4-8,10H2,1-3H3,(H2,17,18,19);1H. The number of hydrogen-bond donors (Lipinski definition) is 3. The summed E-state index contributed by atoms with van der Waals surface area (Å²) in [6.45, 7) is 5.74. The molecule has 0 aromatic carbocycles. The number of hydrogen-bond acceptors (Lipinski definition) is 3. The molecule has 7 nitrogen and oxygen atoms in total. The summed E-state index contributed by atoms with van der Waals surface area (Å²) in [5.74, 6) is 0.746. The summed E-state index contributed by atoms with van der Waals surface area (Å²) >= 11 is 12.0. The molecule has 1 aromatic rings. The number of nitrogens with one attached hydrogen (secondary N) is 3. The van der Waals surface area contributed by atoms with E-state index in [0.29, 0.717) is 42.2 Å². The van der Waals surface area contributed by atoms with Gasteiger partial charge < -0.3 is 15.2 Å². The van der Waals surface area contributed by atoms with E-state index in [1.807, 2.05) is 14.0 Å². The van der Waals surface area contributed by atoms with Gasteiger partial charge in [0.2, 0.25) is 10.0 Å². The van der Waals surface area contributed by atoms with Crippen LogP contribution in [0.2, 0.25) is 10.2 Å². The van der Waals surface area contributed by atoms with Gasteiger partial charge in [0.05, 0.1) is 17.3 Å². The fourth-order valence-electron chi connectivity index (χ4n) is 1.87. The maximum atomic E-state index is 11.3. The highest BCUT2D eigenvalue weighted by Crippen LogP contribution is 2.25. The van der Waals surface area contributed by atoms with Crippen LogP contribution in [0.5, 0.6) is 0 Å². The van der Waals surface area contributed by atoms with Crippen LogP contribution < -0.4 is 15.4 Å². The molecule has 0 saturated heterocycles. The molecule has 0 bridgehead atoms. The van der Waals surface area contributed by atoms with Crippen molar-refractivity contribution < 1.29 is 8.42 Å². The Morgan fingerprint density at radius 2 is 1.92 bits per heavy atom. The van der Waals surface area contributed by atoms with Crippen LogP contribution in [-0.4, -0.2) is 44.3 Å². The van der Waals surface area contributed by atoms with E-state index in [2.05, 4.69) is 20.3 Å². The van der Waals surface area contributed by atoms with E-state index < -0.39 is 10.0 Å². The van der Waals surface area contributed by atoms with E-state index in [9.17, 15) is 8.42 Å². The first-order valence-corrected chi connectivity index (χ1v) is 10.2.